The lowest BCUT2D eigenvalue weighted by Gasteiger charge is -2.12. The molecule has 1 rings (SSSR count). The van der Waals surface area contributed by atoms with E-state index in [2.05, 4.69) is 0 Å². The summed E-state index contributed by atoms with van der Waals surface area (Å²) in [6.07, 6.45) is -0.519. The van der Waals surface area contributed by atoms with Crippen molar-refractivity contribution in [1.82, 2.24) is 0 Å². The molecular weight excluding hydrogens is 244 g/mol. The van der Waals surface area contributed by atoms with Crippen LogP contribution in [0.25, 0.3) is 0 Å². The molecule has 4 nitrogen and oxygen atoms in total. The van der Waals surface area contributed by atoms with Crippen molar-refractivity contribution in [2.75, 3.05) is 13.2 Å². The quantitative estimate of drug-likeness (QED) is 0.817. The van der Waals surface area contributed by atoms with E-state index in [1.54, 1.807) is 31.2 Å². The van der Waals surface area contributed by atoms with E-state index in [9.17, 15) is 4.79 Å². The van der Waals surface area contributed by atoms with Gasteiger partial charge in [0.2, 0.25) is 0 Å². The number of aliphatic carboxylic acids is 1. The highest BCUT2D eigenvalue weighted by atomic mass is 35.5. The first-order valence-corrected chi connectivity index (χ1v) is 5.74. The van der Waals surface area contributed by atoms with Gasteiger partial charge in [-0.05, 0) is 25.1 Å². The predicted octanol–water partition coefficient (Wildman–Crippen LogP) is 2.60. The van der Waals surface area contributed by atoms with Crippen molar-refractivity contribution in [3.63, 3.8) is 0 Å². The summed E-state index contributed by atoms with van der Waals surface area (Å²) in [6, 6.07) is 6.96. The van der Waals surface area contributed by atoms with Crippen molar-refractivity contribution in [3.8, 4) is 5.75 Å². The zero-order valence-electron chi connectivity index (χ0n) is 9.56. The molecule has 1 atom stereocenters. The topological polar surface area (TPSA) is 55.8 Å². The van der Waals surface area contributed by atoms with Gasteiger partial charge in [-0.25, -0.2) is 4.79 Å². The molecule has 1 aromatic carbocycles. The zero-order valence-corrected chi connectivity index (χ0v) is 10.3. The van der Waals surface area contributed by atoms with Gasteiger partial charge in [0, 0.05) is 18.1 Å². The molecule has 0 radical (unpaired) electrons. The number of benzene rings is 1. The molecule has 1 unspecified atom stereocenters. The molecule has 94 valence electrons. The van der Waals surface area contributed by atoms with E-state index >= 15 is 0 Å². The summed E-state index contributed by atoms with van der Waals surface area (Å²) in [5.74, 6) is -0.348. The number of hydrogen-bond donors (Lipinski definition) is 1. The minimum absolute atomic E-state index is 0.275. The average Bonchev–Trinajstić information content (AvgIpc) is 2.28. The zero-order chi connectivity index (χ0) is 12.7. The van der Waals surface area contributed by atoms with Crippen molar-refractivity contribution in [2.45, 2.75) is 19.4 Å². The fourth-order valence-electron chi connectivity index (χ4n) is 1.32. The maximum Gasteiger partial charge on any atom is 0.332 e. The summed E-state index contributed by atoms with van der Waals surface area (Å²) in [7, 11) is 0. The van der Waals surface area contributed by atoms with Gasteiger partial charge >= 0.3 is 5.97 Å². The van der Waals surface area contributed by atoms with E-state index in [0.29, 0.717) is 23.8 Å². The van der Waals surface area contributed by atoms with Crippen LogP contribution in [0.5, 0.6) is 5.75 Å². The molecule has 0 aliphatic carbocycles. The van der Waals surface area contributed by atoms with Gasteiger partial charge < -0.3 is 14.6 Å². The molecular formula is C12H15ClO4. The van der Waals surface area contributed by atoms with Gasteiger partial charge in [0.25, 0.3) is 0 Å². The SMILES string of the molecule is CCOC(CCOc1cccc(Cl)c1)C(=O)O. The summed E-state index contributed by atoms with van der Waals surface area (Å²) < 4.78 is 10.4. The molecule has 0 saturated heterocycles. The summed E-state index contributed by atoms with van der Waals surface area (Å²) in [5.41, 5.74) is 0. The Morgan fingerprint density at radius 2 is 2.29 bits per heavy atom. The Hall–Kier alpha value is -1.26. The third-order valence-corrected chi connectivity index (χ3v) is 2.32. The maximum absolute atomic E-state index is 10.8. The molecule has 0 heterocycles. The minimum Gasteiger partial charge on any atom is -0.493 e. The maximum atomic E-state index is 10.8. The first-order chi connectivity index (χ1) is 8.13. The smallest absolute Gasteiger partial charge is 0.332 e. The van der Waals surface area contributed by atoms with Crippen LogP contribution < -0.4 is 4.74 Å². The van der Waals surface area contributed by atoms with Crippen molar-refractivity contribution in [2.24, 2.45) is 0 Å². The van der Waals surface area contributed by atoms with Crippen LogP contribution in [0.1, 0.15) is 13.3 Å². The highest BCUT2D eigenvalue weighted by Gasteiger charge is 2.16. The summed E-state index contributed by atoms with van der Waals surface area (Å²) >= 11 is 5.79. The van der Waals surface area contributed by atoms with E-state index in [-0.39, 0.29) is 6.61 Å². The molecule has 1 N–H and O–H groups in total. The number of ether oxygens (including phenoxy) is 2. The van der Waals surface area contributed by atoms with E-state index in [4.69, 9.17) is 26.2 Å². The van der Waals surface area contributed by atoms with E-state index in [1.807, 2.05) is 0 Å². The van der Waals surface area contributed by atoms with E-state index in [0.717, 1.165) is 0 Å². The van der Waals surface area contributed by atoms with Crippen molar-refractivity contribution in [1.29, 1.82) is 0 Å². The van der Waals surface area contributed by atoms with Gasteiger partial charge in [-0.3, -0.25) is 0 Å². The van der Waals surface area contributed by atoms with Gasteiger partial charge in [0.1, 0.15) is 5.75 Å². The van der Waals surface area contributed by atoms with Gasteiger partial charge in [-0.1, -0.05) is 17.7 Å². The number of carboxylic acid groups (broad SMARTS) is 1. The van der Waals surface area contributed by atoms with Crippen LogP contribution in [-0.2, 0) is 9.53 Å². The Balaban J connectivity index is 2.38. The Morgan fingerprint density at radius 3 is 2.88 bits per heavy atom. The second kappa shape index (κ2) is 7.14. The number of carboxylic acids is 1. The Kier molecular flexibility index (Phi) is 5.80. The number of rotatable bonds is 7. The fourth-order valence-corrected chi connectivity index (χ4v) is 1.50. The highest BCUT2D eigenvalue weighted by molar-refractivity contribution is 6.30. The molecule has 0 spiro atoms. The van der Waals surface area contributed by atoms with Gasteiger partial charge in [-0.15, -0.1) is 0 Å². The molecule has 1 aromatic rings. The second-order valence-corrected chi connectivity index (χ2v) is 3.81. The largest absolute Gasteiger partial charge is 0.493 e. The minimum atomic E-state index is -0.971. The number of carbonyl (C=O) groups is 1. The lowest BCUT2D eigenvalue weighted by Crippen LogP contribution is -2.26. The molecule has 0 aliphatic heterocycles. The number of halogens is 1. The van der Waals surface area contributed by atoms with Gasteiger partial charge in [0.05, 0.1) is 6.61 Å². The van der Waals surface area contributed by atoms with E-state index < -0.39 is 12.1 Å². The monoisotopic (exact) mass is 258 g/mol. The van der Waals surface area contributed by atoms with Crippen LogP contribution in [0.3, 0.4) is 0 Å². The third kappa shape index (κ3) is 5.06. The first kappa shape index (κ1) is 13.8. The van der Waals surface area contributed by atoms with Crippen LogP contribution in [0.4, 0.5) is 0 Å². The average molecular weight is 259 g/mol. The molecule has 0 bridgehead atoms. The highest BCUT2D eigenvalue weighted by Crippen LogP contribution is 2.17. The van der Waals surface area contributed by atoms with Crippen LogP contribution in [-0.4, -0.2) is 30.4 Å². The third-order valence-electron chi connectivity index (χ3n) is 2.09. The van der Waals surface area contributed by atoms with Crippen LogP contribution >= 0.6 is 11.6 Å². The molecule has 0 saturated carbocycles. The molecule has 17 heavy (non-hydrogen) atoms. The lowest BCUT2D eigenvalue weighted by molar-refractivity contribution is -0.150. The summed E-state index contributed by atoms with van der Waals surface area (Å²) in [4.78, 5) is 10.8. The van der Waals surface area contributed by atoms with Crippen LogP contribution in [0.15, 0.2) is 24.3 Å². The number of hydrogen-bond acceptors (Lipinski definition) is 3. The molecule has 0 aliphatic rings. The standard InChI is InChI=1S/C12H15ClO4/c1-2-16-11(12(14)15)6-7-17-10-5-3-4-9(13)8-10/h3-5,8,11H,2,6-7H2,1H3,(H,14,15). The molecule has 0 aromatic heterocycles. The fraction of sp³-hybridized carbons (Fsp3) is 0.417. The second-order valence-electron chi connectivity index (χ2n) is 3.38. The Bertz CT molecular complexity index is 367. The molecule has 5 heteroatoms. The summed E-state index contributed by atoms with van der Waals surface area (Å²) in [5, 5.41) is 9.43. The predicted molar refractivity (Wildman–Crippen MR) is 64.6 cm³/mol. The van der Waals surface area contributed by atoms with Crippen LogP contribution in [0, 0.1) is 0 Å². The van der Waals surface area contributed by atoms with Gasteiger partial charge in [0.15, 0.2) is 6.10 Å². The van der Waals surface area contributed by atoms with E-state index in [1.165, 1.54) is 0 Å². The molecule has 0 amide bonds. The molecule has 0 fully saturated rings. The Morgan fingerprint density at radius 1 is 1.53 bits per heavy atom. The summed E-state index contributed by atoms with van der Waals surface area (Å²) in [6.45, 7) is 2.40. The van der Waals surface area contributed by atoms with Crippen molar-refractivity contribution >= 4 is 17.6 Å². The van der Waals surface area contributed by atoms with Gasteiger partial charge in [-0.2, -0.15) is 0 Å². The van der Waals surface area contributed by atoms with Crippen molar-refractivity contribution < 1.29 is 19.4 Å². The van der Waals surface area contributed by atoms with Crippen molar-refractivity contribution in [3.05, 3.63) is 29.3 Å². The van der Waals surface area contributed by atoms with Crippen LogP contribution in [0.2, 0.25) is 5.02 Å². The Labute approximate surface area is 105 Å². The normalized spacial score (nSPS) is 12.1. The first-order valence-electron chi connectivity index (χ1n) is 5.36. The lowest BCUT2D eigenvalue weighted by atomic mass is 10.2.